The van der Waals surface area contributed by atoms with Crippen LogP contribution >= 0.6 is 0 Å². The summed E-state index contributed by atoms with van der Waals surface area (Å²) in [6.45, 7) is 20.8. The van der Waals surface area contributed by atoms with E-state index in [0.29, 0.717) is 17.9 Å². The molecule has 2 rings (SSSR count). The lowest BCUT2D eigenvalue weighted by Crippen LogP contribution is -2.57. The van der Waals surface area contributed by atoms with Gasteiger partial charge in [-0.25, -0.2) is 0 Å². The number of hydrogen-bond acceptors (Lipinski definition) is 1. The third kappa shape index (κ3) is 5.89. The van der Waals surface area contributed by atoms with Crippen molar-refractivity contribution in [3.05, 3.63) is 60.3 Å². The van der Waals surface area contributed by atoms with E-state index >= 15 is 0 Å². The minimum Gasteiger partial charge on any atom is -0.256 e. The van der Waals surface area contributed by atoms with E-state index < -0.39 is 8.07 Å². The third-order valence-corrected chi connectivity index (χ3v) is 8.02. The summed E-state index contributed by atoms with van der Waals surface area (Å²) in [7, 11) is -1.43. The van der Waals surface area contributed by atoms with Crippen molar-refractivity contribution in [1.29, 1.82) is 0 Å². The molecule has 0 saturated carbocycles. The number of rotatable bonds is 8. The molecule has 3 unspecified atom stereocenters. The molecule has 3 heteroatoms. The van der Waals surface area contributed by atoms with Crippen molar-refractivity contribution < 1.29 is 4.57 Å². The van der Waals surface area contributed by atoms with Gasteiger partial charge in [0, 0.05) is 22.9 Å². The number of pyridine rings is 1. The van der Waals surface area contributed by atoms with E-state index in [0.717, 1.165) is 0 Å². The van der Waals surface area contributed by atoms with E-state index in [4.69, 9.17) is 0 Å². The molecule has 0 aliphatic rings. The van der Waals surface area contributed by atoms with Gasteiger partial charge < -0.3 is 0 Å². The van der Waals surface area contributed by atoms with Crippen LogP contribution in [0.2, 0.25) is 19.6 Å². The summed E-state index contributed by atoms with van der Waals surface area (Å²) < 4.78 is 2.51. The van der Waals surface area contributed by atoms with E-state index in [9.17, 15) is 0 Å². The third-order valence-electron chi connectivity index (χ3n) is 5.99. The smallest absolute Gasteiger partial charge is 0.218 e. The SMILES string of the molecule is C/C=C\C(C)C(NC(C)C(C)C)[n+]1cc([Si](C)(C)C)ccc1-c1ccccc1C. The Balaban J connectivity index is 2.72. The van der Waals surface area contributed by atoms with Crippen LogP contribution in [0.1, 0.15) is 46.3 Å². The molecule has 0 saturated heterocycles. The molecule has 3 atom stereocenters. The Morgan fingerprint density at radius 3 is 2.17 bits per heavy atom. The molecule has 0 fully saturated rings. The fraction of sp³-hybridized carbons (Fsp3) is 0.500. The van der Waals surface area contributed by atoms with Crippen LogP contribution in [0.15, 0.2) is 54.7 Å². The number of benzene rings is 1. The predicted molar refractivity (Wildman–Crippen MR) is 130 cm³/mol. The zero-order valence-electron chi connectivity index (χ0n) is 20.0. The van der Waals surface area contributed by atoms with Gasteiger partial charge in [-0.15, -0.1) is 0 Å². The lowest BCUT2D eigenvalue weighted by Gasteiger charge is -2.27. The lowest BCUT2D eigenvalue weighted by molar-refractivity contribution is -0.723. The quantitative estimate of drug-likeness (QED) is 0.329. The lowest BCUT2D eigenvalue weighted by atomic mass is 10.00. The minimum atomic E-state index is -1.43. The highest BCUT2D eigenvalue weighted by Crippen LogP contribution is 2.23. The van der Waals surface area contributed by atoms with Crippen LogP contribution in [-0.4, -0.2) is 14.1 Å². The van der Waals surface area contributed by atoms with E-state index in [1.807, 2.05) is 0 Å². The largest absolute Gasteiger partial charge is 0.256 e. The summed E-state index contributed by atoms with van der Waals surface area (Å²) in [5.41, 5.74) is 3.91. The highest BCUT2D eigenvalue weighted by atomic mass is 28.3. The molecule has 158 valence electrons. The van der Waals surface area contributed by atoms with Crippen LogP contribution in [0, 0.1) is 18.8 Å². The Kier molecular flexibility index (Phi) is 8.01. The van der Waals surface area contributed by atoms with Crippen molar-refractivity contribution in [3.63, 3.8) is 0 Å². The molecule has 0 radical (unpaired) electrons. The molecule has 1 heterocycles. The van der Waals surface area contributed by atoms with Gasteiger partial charge in [-0.05, 0) is 38.3 Å². The predicted octanol–water partition coefficient (Wildman–Crippen LogP) is 5.84. The number of hydrogen-bond donors (Lipinski definition) is 1. The second kappa shape index (κ2) is 9.86. The second-order valence-electron chi connectivity index (χ2n) is 9.80. The van der Waals surface area contributed by atoms with Gasteiger partial charge in [0.05, 0.1) is 14.0 Å². The van der Waals surface area contributed by atoms with E-state index in [1.54, 1.807) is 0 Å². The van der Waals surface area contributed by atoms with Crippen LogP contribution in [0.25, 0.3) is 11.3 Å². The fourth-order valence-electron chi connectivity index (χ4n) is 3.64. The normalized spacial score (nSPS) is 15.7. The summed E-state index contributed by atoms with van der Waals surface area (Å²) in [5, 5.41) is 5.44. The molecule has 1 aromatic carbocycles. The Morgan fingerprint density at radius 1 is 0.966 bits per heavy atom. The highest BCUT2D eigenvalue weighted by molar-refractivity contribution is 6.88. The van der Waals surface area contributed by atoms with Gasteiger partial charge in [0.15, 0.2) is 6.20 Å². The minimum absolute atomic E-state index is 0.203. The van der Waals surface area contributed by atoms with E-state index in [2.05, 4.69) is 126 Å². The van der Waals surface area contributed by atoms with Crippen molar-refractivity contribution in [3.8, 4) is 11.3 Å². The maximum atomic E-state index is 3.95. The molecular formula is C26H41N2Si+. The molecule has 0 bridgehead atoms. The second-order valence-corrected chi connectivity index (χ2v) is 14.9. The Labute approximate surface area is 180 Å². The summed E-state index contributed by atoms with van der Waals surface area (Å²) in [6, 6.07) is 13.9. The first-order chi connectivity index (χ1) is 13.6. The molecule has 0 aliphatic carbocycles. The van der Waals surface area contributed by atoms with Gasteiger partial charge in [0.2, 0.25) is 11.9 Å². The fourth-order valence-corrected chi connectivity index (χ4v) is 4.75. The first-order valence-electron chi connectivity index (χ1n) is 11.1. The van der Waals surface area contributed by atoms with Gasteiger partial charge in [-0.3, -0.25) is 5.32 Å². The summed E-state index contributed by atoms with van der Waals surface area (Å²) in [5.74, 6) is 0.962. The van der Waals surface area contributed by atoms with Crippen molar-refractivity contribution in [2.45, 2.75) is 73.4 Å². The number of nitrogens with one attached hydrogen (secondary N) is 1. The van der Waals surface area contributed by atoms with Gasteiger partial charge >= 0.3 is 0 Å². The van der Waals surface area contributed by atoms with E-state index in [1.165, 1.54) is 22.0 Å². The van der Waals surface area contributed by atoms with Crippen molar-refractivity contribution >= 4 is 13.3 Å². The van der Waals surface area contributed by atoms with Crippen molar-refractivity contribution in [1.82, 2.24) is 5.32 Å². The molecule has 0 spiro atoms. The molecule has 0 aliphatic heterocycles. The molecular weight excluding hydrogens is 368 g/mol. The molecule has 2 aromatic rings. The standard InChI is InChI=1S/C26H41N2Si/c1-10-13-21(5)26(27-22(6)19(2)3)28-18-23(29(7,8)9)16-17-25(28)24-15-12-11-14-20(24)4/h10-19,21-22,26-27H,1-9H3/q+1/b13-10-. The van der Waals surface area contributed by atoms with Crippen molar-refractivity contribution in [2.24, 2.45) is 11.8 Å². The van der Waals surface area contributed by atoms with Crippen LogP contribution in [0.3, 0.4) is 0 Å². The average Bonchev–Trinajstić information content (AvgIpc) is 2.65. The molecule has 2 nitrogen and oxygen atoms in total. The van der Waals surface area contributed by atoms with Gasteiger partial charge in [-0.2, -0.15) is 4.57 Å². The topological polar surface area (TPSA) is 15.9 Å². The Bertz CT molecular complexity index is 833. The molecule has 29 heavy (non-hydrogen) atoms. The number of aromatic nitrogens is 1. The monoisotopic (exact) mass is 409 g/mol. The first kappa shape index (κ1) is 23.6. The van der Waals surface area contributed by atoms with Crippen LogP contribution in [0.5, 0.6) is 0 Å². The maximum absolute atomic E-state index is 3.95. The molecule has 1 aromatic heterocycles. The summed E-state index contributed by atoms with van der Waals surface area (Å²) >= 11 is 0. The maximum Gasteiger partial charge on any atom is 0.218 e. The summed E-state index contributed by atoms with van der Waals surface area (Å²) in [6.07, 6.45) is 7.13. The Hall–Kier alpha value is -1.71. The molecule has 0 amide bonds. The van der Waals surface area contributed by atoms with E-state index in [-0.39, 0.29) is 6.17 Å². The van der Waals surface area contributed by atoms with Crippen LogP contribution < -0.4 is 15.1 Å². The van der Waals surface area contributed by atoms with Crippen LogP contribution in [-0.2, 0) is 0 Å². The van der Waals surface area contributed by atoms with Crippen LogP contribution in [0.4, 0.5) is 0 Å². The summed E-state index contributed by atoms with van der Waals surface area (Å²) in [4.78, 5) is 0. The van der Waals surface area contributed by atoms with Gasteiger partial charge in [-0.1, -0.05) is 76.8 Å². The highest BCUT2D eigenvalue weighted by Gasteiger charge is 2.32. The average molecular weight is 410 g/mol. The number of nitrogens with zero attached hydrogens (tertiary/aromatic N) is 1. The van der Waals surface area contributed by atoms with Gasteiger partial charge in [0.25, 0.3) is 0 Å². The zero-order chi connectivity index (χ0) is 21.8. The first-order valence-corrected chi connectivity index (χ1v) is 14.6. The zero-order valence-corrected chi connectivity index (χ0v) is 21.0. The van der Waals surface area contributed by atoms with Gasteiger partial charge in [0.1, 0.15) is 0 Å². The number of allylic oxidation sites excluding steroid dienone is 1. The number of aryl methyl sites for hydroxylation is 1. The molecule has 1 N–H and O–H groups in total. The Morgan fingerprint density at radius 2 is 1.62 bits per heavy atom. The van der Waals surface area contributed by atoms with Crippen molar-refractivity contribution in [2.75, 3.05) is 0 Å².